The van der Waals surface area contributed by atoms with Crippen molar-refractivity contribution in [3.63, 3.8) is 0 Å². The number of carbonyl (C=O) groups excluding carboxylic acids is 2. The fraction of sp³-hybridized carbons (Fsp3) is 0.238. The highest BCUT2D eigenvalue weighted by atomic mass is 35.5. The molecule has 0 aromatic heterocycles. The summed E-state index contributed by atoms with van der Waals surface area (Å²) in [4.78, 5) is 27.0. The average molecular weight is 489 g/mol. The van der Waals surface area contributed by atoms with Crippen molar-refractivity contribution in [2.45, 2.75) is 19.4 Å². The molecule has 0 radical (unpaired) electrons. The monoisotopic (exact) mass is 487 g/mol. The van der Waals surface area contributed by atoms with Crippen molar-refractivity contribution < 1.29 is 19.4 Å². The Bertz CT molecular complexity index is 1040. The van der Waals surface area contributed by atoms with Gasteiger partial charge < -0.3 is 14.7 Å². The highest BCUT2D eigenvalue weighted by molar-refractivity contribution is 6.47. The minimum Gasteiger partial charge on any atom is -0.507 e. The van der Waals surface area contributed by atoms with Gasteiger partial charge in [0, 0.05) is 12.1 Å². The van der Waals surface area contributed by atoms with Crippen LogP contribution in [0, 0.1) is 0 Å². The second-order valence-corrected chi connectivity index (χ2v) is 8.27. The Hall–Kier alpha value is -1.92. The van der Waals surface area contributed by atoms with Gasteiger partial charge in [0.25, 0.3) is 11.7 Å². The van der Waals surface area contributed by atoms with E-state index in [2.05, 4.69) is 0 Å². The number of aliphatic hydroxyl groups is 1. The number of hydrogen-bond acceptors (Lipinski definition) is 4. The number of amides is 1. The Morgan fingerprint density at radius 3 is 2.20 bits per heavy atom. The molecule has 0 saturated carbocycles. The number of Topliss-reactive ketones (excluding diaryl/α,β-unsaturated/α-hetero) is 1. The van der Waals surface area contributed by atoms with Crippen molar-refractivity contribution in [1.29, 1.82) is 0 Å². The number of halogens is 4. The number of aliphatic hydroxyl groups excluding tert-OH is 1. The largest absolute Gasteiger partial charge is 0.507 e. The molecule has 30 heavy (non-hydrogen) atoms. The standard InChI is InChI=1S/C21H17Cl4NO4/c1-3-6-26-17(10-4-5-12(22)13(23)7-10)16(19(28)21(26)29)18(27)11-8-14(24)20(30-2)15(25)9-11/h4-5,7-9,17,27H,3,6H2,1-2H3/b18-16+. The molecule has 1 heterocycles. The maximum atomic E-state index is 12.9. The molecule has 1 saturated heterocycles. The number of hydrogen-bond donors (Lipinski definition) is 1. The van der Waals surface area contributed by atoms with Gasteiger partial charge in [0.05, 0.1) is 38.8 Å². The van der Waals surface area contributed by atoms with Gasteiger partial charge in [0.2, 0.25) is 0 Å². The second-order valence-electron chi connectivity index (χ2n) is 6.64. The minimum atomic E-state index is -0.834. The Kier molecular flexibility index (Phi) is 6.88. The first kappa shape index (κ1) is 22.8. The van der Waals surface area contributed by atoms with Gasteiger partial charge in [-0.15, -0.1) is 0 Å². The molecule has 3 rings (SSSR count). The first-order chi connectivity index (χ1) is 14.2. The molecule has 2 aromatic rings. The zero-order valence-corrected chi connectivity index (χ0v) is 19.0. The lowest BCUT2D eigenvalue weighted by Crippen LogP contribution is -2.30. The molecule has 0 aliphatic carbocycles. The molecule has 1 fully saturated rings. The predicted octanol–water partition coefficient (Wildman–Crippen LogP) is 6.14. The third-order valence-electron chi connectivity index (χ3n) is 4.74. The number of ketones is 1. The Morgan fingerprint density at radius 2 is 1.67 bits per heavy atom. The highest BCUT2D eigenvalue weighted by Gasteiger charge is 2.45. The smallest absolute Gasteiger partial charge is 0.295 e. The normalized spacial score (nSPS) is 18.2. The maximum absolute atomic E-state index is 12.9. The minimum absolute atomic E-state index is 0.0795. The van der Waals surface area contributed by atoms with E-state index >= 15 is 0 Å². The topological polar surface area (TPSA) is 66.8 Å². The summed E-state index contributed by atoms with van der Waals surface area (Å²) in [7, 11) is 1.41. The molecular formula is C21H17Cl4NO4. The summed E-state index contributed by atoms with van der Waals surface area (Å²) in [6, 6.07) is 6.81. The summed E-state index contributed by atoms with van der Waals surface area (Å²) >= 11 is 24.5. The number of ether oxygens (including phenoxy) is 1. The van der Waals surface area contributed by atoms with E-state index in [1.807, 2.05) is 6.92 Å². The average Bonchev–Trinajstić information content (AvgIpc) is 2.94. The van der Waals surface area contributed by atoms with Gasteiger partial charge in [0.15, 0.2) is 5.75 Å². The summed E-state index contributed by atoms with van der Waals surface area (Å²) in [5.74, 6) is -1.67. The van der Waals surface area contributed by atoms with E-state index in [9.17, 15) is 14.7 Å². The van der Waals surface area contributed by atoms with Crippen LogP contribution in [0.1, 0.15) is 30.5 Å². The molecular weight excluding hydrogens is 472 g/mol. The molecule has 9 heteroatoms. The van der Waals surface area contributed by atoms with Gasteiger partial charge >= 0.3 is 0 Å². The van der Waals surface area contributed by atoms with Crippen molar-refractivity contribution in [2.24, 2.45) is 0 Å². The van der Waals surface area contributed by atoms with Crippen LogP contribution in [0.25, 0.3) is 5.76 Å². The van der Waals surface area contributed by atoms with Crippen molar-refractivity contribution in [1.82, 2.24) is 4.90 Å². The highest BCUT2D eigenvalue weighted by Crippen LogP contribution is 2.42. The van der Waals surface area contributed by atoms with E-state index in [0.29, 0.717) is 23.6 Å². The van der Waals surface area contributed by atoms with Gasteiger partial charge in [-0.3, -0.25) is 9.59 Å². The fourth-order valence-corrected chi connectivity index (χ4v) is 4.38. The molecule has 0 bridgehead atoms. The summed E-state index contributed by atoms with van der Waals surface area (Å²) in [5.41, 5.74) is 0.652. The van der Waals surface area contributed by atoms with Crippen LogP contribution in [0.15, 0.2) is 35.9 Å². The zero-order chi connectivity index (χ0) is 22.2. The SMILES string of the molecule is CCCN1C(=O)C(=O)/C(=C(/O)c2cc(Cl)c(OC)c(Cl)c2)C1c1ccc(Cl)c(Cl)c1. The van der Waals surface area contributed by atoms with Crippen LogP contribution in [0.3, 0.4) is 0 Å². The van der Waals surface area contributed by atoms with Gasteiger partial charge in [-0.05, 0) is 36.2 Å². The molecule has 1 aliphatic rings. The van der Waals surface area contributed by atoms with E-state index in [1.54, 1.807) is 18.2 Å². The first-order valence-electron chi connectivity index (χ1n) is 8.98. The van der Waals surface area contributed by atoms with Gasteiger partial charge in [-0.25, -0.2) is 0 Å². The van der Waals surface area contributed by atoms with Gasteiger partial charge in [-0.2, -0.15) is 0 Å². The molecule has 0 spiro atoms. The summed E-state index contributed by atoms with van der Waals surface area (Å²) in [5, 5.41) is 11.9. The van der Waals surface area contributed by atoms with E-state index < -0.39 is 23.5 Å². The van der Waals surface area contributed by atoms with Crippen molar-refractivity contribution in [2.75, 3.05) is 13.7 Å². The number of carbonyl (C=O) groups is 2. The van der Waals surface area contributed by atoms with Crippen LogP contribution in [0.2, 0.25) is 20.1 Å². The van der Waals surface area contributed by atoms with Crippen LogP contribution in [0.5, 0.6) is 5.75 Å². The molecule has 1 atom stereocenters. The van der Waals surface area contributed by atoms with E-state index in [1.165, 1.54) is 24.1 Å². The third-order valence-corrected chi connectivity index (χ3v) is 6.04. The number of nitrogens with zero attached hydrogens (tertiary/aromatic N) is 1. The molecule has 2 aromatic carbocycles. The molecule has 1 aliphatic heterocycles. The van der Waals surface area contributed by atoms with Crippen LogP contribution in [-0.2, 0) is 9.59 Å². The molecule has 1 amide bonds. The van der Waals surface area contributed by atoms with Gasteiger partial charge in [0.1, 0.15) is 5.76 Å². The van der Waals surface area contributed by atoms with Gasteiger partial charge in [-0.1, -0.05) is 59.4 Å². The van der Waals surface area contributed by atoms with E-state index in [-0.39, 0.29) is 32.0 Å². The third kappa shape index (κ3) is 4.00. The summed E-state index contributed by atoms with van der Waals surface area (Å²) in [6.07, 6.45) is 0.616. The maximum Gasteiger partial charge on any atom is 0.295 e. The van der Waals surface area contributed by atoms with Crippen LogP contribution in [0.4, 0.5) is 0 Å². The molecule has 5 nitrogen and oxygen atoms in total. The van der Waals surface area contributed by atoms with Crippen molar-refractivity contribution >= 4 is 63.9 Å². The van der Waals surface area contributed by atoms with E-state index in [0.717, 1.165) is 0 Å². The lowest BCUT2D eigenvalue weighted by molar-refractivity contribution is -0.139. The van der Waals surface area contributed by atoms with E-state index in [4.69, 9.17) is 51.1 Å². The second kappa shape index (κ2) is 9.06. The lowest BCUT2D eigenvalue weighted by Gasteiger charge is -2.25. The summed E-state index contributed by atoms with van der Waals surface area (Å²) < 4.78 is 5.12. The quantitative estimate of drug-likeness (QED) is 0.311. The Labute approximate surface area is 193 Å². The number of benzene rings is 2. The van der Waals surface area contributed by atoms with Crippen LogP contribution in [-0.4, -0.2) is 35.4 Å². The predicted molar refractivity (Wildman–Crippen MR) is 119 cm³/mol. The Balaban J connectivity index is 2.24. The zero-order valence-electron chi connectivity index (χ0n) is 16.0. The lowest BCUT2D eigenvalue weighted by atomic mass is 9.95. The number of rotatable bonds is 5. The van der Waals surface area contributed by atoms with Crippen LogP contribution < -0.4 is 4.74 Å². The fourth-order valence-electron chi connectivity index (χ4n) is 3.43. The molecule has 158 valence electrons. The van der Waals surface area contributed by atoms with Crippen molar-refractivity contribution in [3.8, 4) is 5.75 Å². The molecule has 1 N–H and O–H groups in total. The number of likely N-dealkylation sites (tertiary alicyclic amines) is 1. The van der Waals surface area contributed by atoms with Crippen molar-refractivity contribution in [3.05, 3.63) is 67.1 Å². The molecule has 1 unspecified atom stereocenters. The number of methoxy groups -OCH3 is 1. The van der Waals surface area contributed by atoms with Crippen LogP contribution >= 0.6 is 46.4 Å². The Morgan fingerprint density at radius 1 is 1.03 bits per heavy atom. The summed E-state index contributed by atoms with van der Waals surface area (Å²) in [6.45, 7) is 2.20. The first-order valence-corrected chi connectivity index (χ1v) is 10.5.